The molecule has 0 aliphatic carbocycles. The Morgan fingerprint density at radius 3 is 2.40 bits per heavy atom. The summed E-state index contributed by atoms with van der Waals surface area (Å²) in [6.07, 6.45) is 0.741. The van der Waals surface area contributed by atoms with Crippen molar-refractivity contribution in [1.29, 1.82) is 0 Å². The predicted octanol–water partition coefficient (Wildman–Crippen LogP) is 6.08. The molecule has 0 saturated heterocycles. The number of nitrogens with zero attached hydrogens (tertiary/aromatic N) is 2. The van der Waals surface area contributed by atoms with Crippen molar-refractivity contribution in [3.8, 4) is 17.0 Å². The highest BCUT2D eigenvalue weighted by Gasteiger charge is 2.38. The number of pyridine rings is 1. The topological polar surface area (TPSA) is 130 Å². The van der Waals surface area contributed by atoms with E-state index in [0.29, 0.717) is 6.07 Å². The first-order valence-corrected chi connectivity index (χ1v) is 14.0. The number of halogens is 7. The Morgan fingerprint density at radius 1 is 1.09 bits per heavy atom. The van der Waals surface area contributed by atoms with Gasteiger partial charge in [0.1, 0.15) is 34.5 Å². The van der Waals surface area contributed by atoms with E-state index in [1.165, 1.54) is 39.2 Å². The summed E-state index contributed by atoms with van der Waals surface area (Å²) in [4.78, 5) is 20.5. The number of aromatic nitrogens is 1. The Hall–Kier alpha value is -4.66. The fourth-order valence-electron chi connectivity index (χ4n) is 4.66. The van der Waals surface area contributed by atoms with Gasteiger partial charge >= 0.3 is 6.55 Å². The monoisotopic (exact) mass is 680 g/mol. The lowest BCUT2D eigenvalue weighted by Gasteiger charge is -2.31. The number of nitrogens with two attached hydrogens (primary N) is 1. The van der Waals surface area contributed by atoms with E-state index in [2.05, 4.69) is 15.3 Å². The third-order valence-electron chi connectivity index (χ3n) is 7.10. The van der Waals surface area contributed by atoms with Crippen molar-refractivity contribution in [3.63, 3.8) is 0 Å². The number of methoxy groups -OCH3 is 1. The lowest BCUT2D eigenvalue weighted by atomic mass is 9.86. The fourth-order valence-corrected chi connectivity index (χ4v) is 4.82. The number of amides is 1. The molecule has 5 N–H and O–H groups in total. The molecule has 47 heavy (non-hydrogen) atoms. The molecule has 1 amide bonds. The summed E-state index contributed by atoms with van der Waals surface area (Å²) in [5.41, 5.74) is -1.52. The zero-order chi connectivity index (χ0) is 34.8. The fraction of sp³-hybridized carbons (Fsp3) is 0.219. The highest BCUT2D eigenvalue weighted by molar-refractivity contribution is 6.31. The van der Waals surface area contributed by atoms with Crippen LogP contribution < -0.4 is 15.8 Å². The SMILES string of the molecule is COc1cc(C(=O)NC[C@@](O)(c2cccc(F)c2)c2cc(C(C)(C)O)c(F)c(-c3cc(Cl)c(F)cc3F)n2)cc(/C=N/C(F)F)c1N. The summed E-state index contributed by atoms with van der Waals surface area (Å²) >= 11 is 5.84. The van der Waals surface area contributed by atoms with E-state index in [1.807, 2.05) is 0 Å². The Kier molecular flexibility index (Phi) is 10.2. The molecule has 3 aromatic carbocycles. The summed E-state index contributed by atoms with van der Waals surface area (Å²) in [6.45, 7) is -1.47. The maximum absolute atomic E-state index is 15.9. The van der Waals surface area contributed by atoms with Crippen LogP contribution in [0, 0.1) is 23.3 Å². The van der Waals surface area contributed by atoms with Crippen LogP contribution in [0.15, 0.2) is 59.6 Å². The van der Waals surface area contributed by atoms with Gasteiger partial charge in [-0.1, -0.05) is 23.7 Å². The maximum atomic E-state index is 15.9. The van der Waals surface area contributed by atoms with Gasteiger partial charge in [0.2, 0.25) is 0 Å². The Balaban J connectivity index is 1.89. The standard InChI is InChI=1S/C32H27ClF6N4O4/c1-31(2,45)20-11-25(43-28(26(20)37)19-10-21(33)23(36)12-22(19)35)32(46,17-5-4-6-18(34)9-17)14-42-29(44)15-7-16(13-41-30(38)39)27(40)24(8-15)47-3/h4-13,30,45-46H,14,40H2,1-3H3,(H,42,44)/b41-13+/t32-/m1/s1. The first-order chi connectivity index (χ1) is 22.0. The second kappa shape index (κ2) is 13.6. The van der Waals surface area contributed by atoms with E-state index >= 15 is 4.39 Å². The maximum Gasteiger partial charge on any atom is 0.331 e. The molecule has 0 saturated carbocycles. The predicted molar refractivity (Wildman–Crippen MR) is 163 cm³/mol. The van der Waals surface area contributed by atoms with Crippen LogP contribution in [0.4, 0.5) is 32.0 Å². The molecular weight excluding hydrogens is 654 g/mol. The van der Waals surface area contributed by atoms with E-state index in [9.17, 15) is 37.0 Å². The van der Waals surface area contributed by atoms with E-state index in [4.69, 9.17) is 22.1 Å². The third kappa shape index (κ3) is 7.50. The molecule has 1 heterocycles. The van der Waals surface area contributed by atoms with Gasteiger partial charge in [0.05, 0.1) is 35.7 Å². The van der Waals surface area contributed by atoms with Crippen LogP contribution in [-0.4, -0.2) is 47.5 Å². The van der Waals surface area contributed by atoms with Crippen LogP contribution in [-0.2, 0) is 11.2 Å². The van der Waals surface area contributed by atoms with Gasteiger partial charge in [-0.25, -0.2) is 27.5 Å². The molecule has 1 atom stereocenters. The van der Waals surface area contributed by atoms with Gasteiger partial charge < -0.3 is 26.0 Å². The van der Waals surface area contributed by atoms with Crippen molar-refractivity contribution in [2.75, 3.05) is 19.4 Å². The van der Waals surface area contributed by atoms with Crippen molar-refractivity contribution in [2.45, 2.75) is 31.6 Å². The van der Waals surface area contributed by atoms with Crippen molar-refractivity contribution in [2.24, 2.45) is 4.99 Å². The third-order valence-corrected chi connectivity index (χ3v) is 7.38. The summed E-state index contributed by atoms with van der Waals surface area (Å²) in [5, 5.41) is 24.8. The number of ether oxygens (including phenoxy) is 1. The molecule has 8 nitrogen and oxygen atoms in total. The first-order valence-electron chi connectivity index (χ1n) is 13.6. The number of rotatable bonds is 10. The number of aliphatic imine (C=N–C) groups is 1. The van der Waals surface area contributed by atoms with Crippen LogP contribution in [0.1, 0.15) is 46.6 Å². The van der Waals surface area contributed by atoms with Gasteiger partial charge in [-0.05, 0) is 55.8 Å². The number of benzene rings is 3. The van der Waals surface area contributed by atoms with Gasteiger partial charge in [0.25, 0.3) is 5.91 Å². The van der Waals surface area contributed by atoms with Crippen LogP contribution in [0.5, 0.6) is 5.75 Å². The first kappa shape index (κ1) is 35.2. The molecular formula is C32H27ClF6N4O4. The average Bonchev–Trinajstić information content (AvgIpc) is 3.00. The van der Waals surface area contributed by atoms with Gasteiger partial charge in [0.15, 0.2) is 5.82 Å². The Morgan fingerprint density at radius 2 is 1.79 bits per heavy atom. The van der Waals surface area contributed by atoms with E-state index < -0.39 is 81.0 Å². The molecule has 248 valence electrons. The quantitative estimate of drug-likeness (QED) is 0.0528. The number of carbonyl (C=O) groups excluding carboxylic acids is 1. The molecule has 0 unspecified atom stereocenters. The lowest BCUT2D eigenvalue weighted by molar-refractivity contribution is 0.0623. The molecule has 1 aromatic heterocycles. The highest BCUT2D eigenvalue weighted by atomic mass is 35.5. The van der Waals surface area contributed by atoms with Gasteiger partial charge in [-0.2, -0.15) is 8.78 Å². The minimum atomic E-state index is -3.07. The average molecular weight is 681 g/mol. The zero-order valence-electron chi connectivity index (χ0n) is 24.9. The Labute approximate surface area is 269 Å². The Bertz CT molecular complexity index is 1870. The van der Waals surface area contributed by atoms with Gasteiger partial charge in [0, 0.05) is 34.5 Å². The number of aliphatic hydroxyl groups is 2. The number of hydrogen-bond acceptors (Lipinski definition) is 7. The minimum absolute atomic E-state index is 0.0617. The molecule has 4 aromatic rings. The van der Waals surface area contributed by atoms with Crippen LogP contribution in [0.3, 0.4) is 0 Å². The van der Waals surface area contributed by atoms with E-state index in [0.717, 1.165) is 36.5 Å². The second-order valence-electron chi connectivity index (χ2n) is 10.8. The lowest BCUT2D eigenvalue weighted by Crippen LogP contribution is -2.43. The number of hydrogen-bond donors (Lipinski definition) is 4. The molecule has 0 bridgehead atoms. The largest absolute Gasteiger partial charge is 0.495 e. The van der Waals surface area contributed by atoms with Crippen molar-refractivity contribution >= 4 is 29.4 Å². The van der Waals surface area contributed by atoms with Crippen molar-refractivity contribution in [3.05, 3.63) is 111 Å². The number of alkyl halides is 2. The van der Waals surface area contributed by atoms with Crippen LogP contribution in [0.25, 0.3) is 11.3 Å². The summed E-state index contributed by atoms with van der Waals surface area (Å²) < 4.78 is 89.9. The normalized spacial score (nSPS) is 13.2. The molecule has 0 spiro atoms. The zero-order valence-corrected chi connectivity index (χ0v) is 25.6. The van der Waals surface area contributed by atoms with Crippen molar-refractivity contribution in [1.82, 2.24) is 10.3 Å². The summed E-state index contributed by atoms with van der Waals surface area (Å²) in [6, 6.07) is 8.90. The minimum Gasteiger partial charge on any atom is -0.495 e. The smallest absolute Gasteiger partial charge is 0.331 e. The number of carbonyl (C=O) groups is 1. The number of anilines is 1. The summed E-state index contributed by atoms with van der Waals surface area (Å²) in [5.74, 6) is -5.45. The molecule has 0 aliphatic heterocycles. The van der Waals surface area contributed by atoms with Crippen molar-refractivity contribution < 1.29 is 46.1 Å². The molecule has 0 radical (unpaired) electrons. The van der Waals surface area contributed by atoms with Gasteiger partial charge in [-0.15, -0.1) is 0 Å². The van der Waals surface area contributed by atoms with E-state index in [1.54, 1.807) is 0 Å². The molecule has 4 rings (SSSR count). The van der Waals surface area contributed by atoms with Crippen LogP contribution in [0.2, 0.25) is 5.02 Å². The number of nitrogens with one attached hydrogen (secondary N) is 1. The molecule has 0 aliphatic rings. The summed E-state index contributed by atoms with van der Waals surface area (Å²) in [7, 11) is 1.22. The van der Waals surface area contributed by atoms with E-state index in [-0.39, 0.29) is 28.1 Å². The van der Waals surface area contributed by atoms with Gasteiger partial charge in [-0.3, -0.25) is 4.79 Å². The second-order valence-corrected chi connectivity index (χ2v) is 11.2. The molecule has 15 heteroatoms. The van der Waals surface area contributed by atoms with Crippen LogP contribution >= 0.6 is 11.6 Å². The highest BCUT2D eigenvalue weighted by Crippen LogP contribution is 2.38. The number of nitrogen functional groups attached to an aromatic ring is 1. The molecule has 0 fully saturated rings.